The average Bonchev–Trinajstić information content (AvgIpc) is 3.59. The number of aromatic hydroxyl groups is 1. The molecule has 0 bridgehead atoms. The number of ketones is 1. The third-order valence-corrected chi connectivity index (χ3v) is 8.32. The van der Waals surface area contributed by atoms with Crippen molar-refractivity contribution in [2.24, 2.45) is 16.8 Å². The van der Waals surface area contributed by atoms with Gasteiger partial charge in [-0.25, -0.2) is 0 Å². The quantitative estimate of drug-likeness (QED) is 0.447. The third-order valence-electron chi connectivity index (χ3n) is 8.32. The number of Topliss-reactive ketones (excluding diaryl/α,β-unsaturated/α-hetero) is 1. The molecule has 2 aromatic carbocycles. The van der Waals surface area contributed by atoms with Gasteiger partial charge in [0.05, 0.1) is 0 Å². The zero-order valence-electron chi connectivity index (χ0n) is 22.5. The first-order chi connectivity index (χ1) is 18.9. The molecule has 1 N–H and O–H groups in total. The molecule has 0 saturated heterocycles. The topological polar surface area (TPSA) is 94.4 Å². The summed E-state index contributed by atoms with van der Waals surface area (Å²) in [6, 6.07) is 12.8. The minimum atomic E-state index is -0.695. The number of ether oxygens (including phenoxy) is 3. The van der Waals surface area contributed by atoms with Crippen LogP contribution in [0.15, 0.2) is 58.7 Å². The van der Waals surface area contributed by atoms with E-state index < -0.39 is 11.8 Å². The predicted octanol–water partition coefficient (Wildman–Crippen LogP) is 6.21. The highest BCUT2D eigenvalue weighted by Crippen LogP contribution is 2.49. The van der Waals surface area contributed by atoms with Crippen LogP contribution in [0.3, 0.4) is 0 Å². The summed E-state index contributed by atoms with van der Waals surface area (Å²) in [4.78, 5) is 32.9. The summed E-state index contributed by atoms with van der Waals surface area (Å²) in [6.45, 7) is 4.41. The number of nitrogens with zero attached hydrogens (tertiary/aromatic N) is 1. The number of hydrogen-bond donors (Lipinski definition) is 1. The zero-order chi connectivity index (χ0) is 27.1. The number of phenolic OH excluding ortho intramolecular Hbond substituents is 1. The summed E-state index contributed by atoms with van der Waals surface area (Å²) in [5, 5.41) is 10.4. The first-order valence-corrected chi connectivity index (χ1v) is 14.1. The van der Waals surface area contributed by atoms with Crippen LogP contribution in [0.25, 0.3) is 0 Å². The predicted molar refractivity (Wildman–Crippen MR) is 146 cm³/mol. The molecule has 2 aliphatic carbocycles. The van der Waals surface area contributed by atoms with E-state index in [-0.39, 0.29) is 42.2 Å². The lowest BCUT2D eigenvalue weighted by Gasteiger charge is -2.38. The van der Waals surface area contributed by atoms with E-state index in [9.17, 15) is 14.7 Å². The molecule has 6 rings (SSSR count). The van der Waals surface area contributed by atoms with Crippen molar-refractivity contribution >= 4 is 17.5 Å². The van der Waals surface area contributed by atoms with E-state index in [1.807, 2.05) is 24.3 Å². The second-order valence-electron chi connectivity index (χ2n) is 11.6. The number of phenols is 1. The molecule has 0 amide bonds. The van der Waals surface area contributed by atoms with Gasteiger partial charge in [-0.05, 0) is 85.8 Å². The number of benzene rings is 2. The molecule has 0 spiro atoms. The molecular weight excluding hydrogens is 494 g/mol. The van der Waals surface area contributed by atoms with Crippen molar-refractivity contribution in [1.82, 2.24) is 0 Å². The van der Waals surface area contributed by atoms with Crippen molar-refractivity contribution in [3.05, 3.63) is 64.9 Å². The van der Waals surface area contributed by atoms with E-state index >= 15 is 0 Å². The molecule has 3 atom stereocenters. The molecule has 0 radical (unpaired) electrons. The summed E-state index contributed by atoms with van der Waals surface area (Å²) in [6.07, 6.45) is 5.29. The van der Waals surface area contributed by atoms with Crippen LogP contribution in [0.4, 0.5) is 0 Å². The van der Waals surface area contributed by atoms with Crippen molar-refractivity contribution in [3.8, 4) is 17.2 Å². The van der Waals surface area contributed by atoms with Gasteiger partial charge in [0.1, 0.15) is 17.8 Å². The normalized spacial score (nSPS) is 24.6. The van der Waals surface area contributed by atoms with E-state index in [0.29, 0.717) is 36.3 Å². The fourth-order valence-electron chi connectivity index (χ4n) is 6.56. The molecule has 3 unspecified atom stereocenters. The molecular formula is C32H35NO6. The highest BCUT2D eigenvalue weighted by atomic mass is 16.7. The van der Waals surface area contributed by atoms with Crippen LogP contribution < -0.4 is 9.47 Å². The van der Waals surface area contributed by atoms with Crippen molar-refractivity contribution in [1.29, 1.82) is 0 Å². The second-order valence-corrected chi connectivity index (χ2v) is 11.6. The number of allylic oxidation sites excluding steroid dienone is 2. The lowest BCUT2D eigenvalue weighted by atomic mass is 9.68. The second kappa shape index (κ2) is 10.5. The lowest BCUT2D eigenvalue weighted by molar-refractivity contribution is -0.151. The number of aliphatic imine (C=N–C) groups is 1. The first kappa shape index (κ1) is 25.7. The minimum Gasteiger partial charge on any atom is -0.508 e. The molecule has 2 aromatic rings. The van der Waals surface area contributed by atoms with Crippen molar-refractivity contribution < 1.29 is 28.9 Å². The van der Waals surface area contributed by atoms with E-state index in [1.54, 1.807) is 18.2 Å². The van der Waals surface area contributed by atoms with Gasteiger partial charge in [-0.15, -0.1) is 0 Å². The van der Waals surface area contributed by atoms with Gasteiger partial charge in [-0.1, -0.05) is 32.0 Å². The fourth-order valence-corrected chi connectivity index (χ4v) is 6.56. The van der Waals surface area contributed by atoms with E-state index in [1.165, 1.54) is 0 Å². The van der Waals surface area contributed by atoms with Gasteiger partial charge in [0, 0.05) is 29.3 Å². The standard InChI is InChI=1S/C32H35NO6/c1-18(2)12-24-31(32(36)39-23-8-3-4-9-23)29(20-6-5-7-22(34)13-20)30-25(33-24)14-21(15-26(30)35)19-10-11-27-28(16-19)38-17-37-27/h5-7,10-11,13,16,18,21,23,29,31,34H,3-4,8-9,12,14-15,17H2,1-2H3. The van der Waals surface area contributed by atoms with Crippen LogP contribution in [-0.4, -0.2) is 35.5 Å². The molecule has 7 nitrogen and oxygen atoms in total. The Bertz CT molecular complexity index is 1350. The Kier molecular flexibility index (Phi) is 6.92. The molecule has 2 heterocycles. The number of carbonyl (C=O) groups is 2. The van der Waals surface area contributed by atoms with Crippen LogP contribution in [-0.2, 0) is 14.3 Å². The minimum absolute atomic E-state index is 0.0155. The van der Waals surface area contributed by atoms with Crippen molar-refractivity contribution in [3.63, 3.8) is 0 Å². The SMILES string of the molecule is CC(C)CC1=NC2=C(C(=O)CC(c3ccc4c(c3)OCO4)C2)C(c2cccc(O)c2)C1C(=O)OC1CCCC1. The Balaban J connectivity index is 1.42. The van der Waals surface area contributed by atoms with Crippen molar-refractivity contribution in [2.45, 2.75) is 76.7 Å². The summed E-state index contributed by atoms with van der Waals surface area (Å²) in [5.74, 6) is 0.153. The van der Waals surface area contributed by atoms with E-state index in [4.69, 9.17) is 19.2 Å². The molecule has 1 fully saturated rings. The highest BCUT2D eigenvalue weighted by Gasteiger charge is 2.46. The number of fused-ring (bicyclic) bond motifs is 1. The molecule has 4 aliphatic rings. The van der Waals surface area contributed by atoms with Gasteiger partial charge >= 0.3 is 5.97 Å². The van der Waals surface area contributed by atoms with Gasteiger partial charge in [-0.2, -0.15) is 0 Å². The molecule has 39 heavy (non-hydrogen) atoms. The number of esters is 1. The van der Waals surface area contributed by atoms with E-state index in [0.717, 1.165) is 48.2 Å². The van der Waals surface area contributed by atoms with E-state index in [2.05, 4.69) is 13.8 Å². The smallest absolute Gasteiger partial charge is 0.315 e. The van der Waals surface area contributed by atoms with Gasteiger partial charge < -0.3 is 19.3 Å². The van der Waals surface area contributed by atoms with Crippen LogP contribution >= 0.6 is 0 Å². The van der Waals surface area contributed by atoms with Gasteiger partial charge in [0.15, 0.2) is 17.3 Å². The summed E-state index contributed by atoms with van der Waals surface area (Å²) < 4.78 is 17.1. The highest BCUT2D eigenvalue weighted by molar-refractivity contribution is 6.10. The van der Waals surface area contributed by atoms with Crippen molar-refractivity contribution in [2.75, 3.05) is 6.79 Å². The number of carbonyl (C=O) groups excluding carboxylic acids is 2. The Labute approximate surface area is 228 Å². The van der Waals surface area contributed by atoms with Gasteiger partial charge in [-0.3, -0.25) is 14.6 Å². The third kappa shape index (κ3) is 5.07. The summed E-state index contributed by atoms with van der Waals surface area (Å²) >= 11 is 0. The van der Waals surface area contributed by atoms with Crippen LogP contribution in [0.1, 0.15) is 81.8 Å². The Morgan fingerprint density at radius 3 is 2.62 bits per heavy atom. The molecule has 1 saturated carbocycles. The Morgan fingerprint density at radius 1 is 1.05 bits per heavy atom. The summed E-state index contributed by atoms with van der Waals surface area (Å²) in [7, 11) is 0. The first-order valence-electron chi connectivity index (χ1n) is 14.1. The summed E-state index contributed by atoms with van der Waals surface area (Å²) in [5.41, 5.74) is 3.83. The van der Waals surface area contributed by atoms with Gasteiger partial charge in [0.2, 0.25) is 6.79 Å². The number of rotatable bonds is 6. The van der Waals surface area contributed by atoms with Crippen LogP contribution in [0, 0.1) is 11.8 Å². The average molecular weight is 530 g/mol. The monoisotopic (exact) mass is 529 g/mol. The molecule has 0 aromatic heterocycles. The lowest BCUT2D eigenvalue weighted by Crippen LogP contribution is -2.40. The maximum Gasteiger partial charge on any atom is 0.315 e. The number of hydrogen-bond acceptors (Lipinski definition) is 7. The Morgan fingerprint density at radius 2 is 1.85 bits per heavy atom. The molecule has 204 valence electrons. The molecule has 7 heteroatoms. The molecule has 2 aliphatic heterocycles. The van der Waals surface area contributed by atoms with Gasteiger partial charge in [0.25, 0.3) is 0 Å². The zero-order valence-corrected chi connectivity index (χ0v) is 22.5. The maximum atomic E-state index is 14.0. The van der Waals surface area contributed by atoms with Crippen LogP contribution in [0.2, 0.25) is 0 Å². The van der Waals surface area contributed by atoms with Crippen LogP contribution in [0.5, 0.6) is 17.2 Å². The largest absolute Gasteiger partial charge is 0.508 e. The fraction of sp³-hybridized carbons (Fsp3) is 0.469. The Hall–Kier alpha value is -3.61. The maximum absolute atomic E-state index is 14.0.